The van der Waals surface area contributed by atoms with Crippen molar-refractivity contribution in [2.45, 2.75) is 26.7 Å². The molecule has 21 heavy (non-hydrogen) atoms. The van der Waals surface area contributed by atoms with Crippen molar-refractivity contribution in [3.8, 4) is 0 Å². The van der Waals surface area contributed by atoms with Gasteiger partial charge in [-0.1, -0.05) is 56.3 Å². The lowest BCUT2D eigenvalue weighted by molar-refractivity contribution is 0.0710. The van der Waals surface area contributed by atoms with Crippen LogP contribution in [0.2, 0.25) is 0 Å². The maximum absolute atomic E-state index is 13.2. The van der Waals surface area contributed by atoms with Crippen LogP contribution in [-0.4, -0.2) is 18.9 Å². The minimum Gasteiger partial charge on any atom is -0.316 e. The molecule has 3 rings (SSSR count). The van der Waals surface area contributed by atoms with Gasteiger partial charge in [0.25, 0.3) is 0 Å². The van der Waals surface area contributed by atoms with Gasteiger partial charge in [0.2, 0.25) is 0 Å². The molecule has 1 aliphatic heterocycles. The second-order valence-corrected chi connectivity index (χ2v) is 6.62. The van der Waals surface area contributed by atoms with Crippen molar-refractivity contribution in [2.75, 3.05) is 13.1 Å². The van der Waals surface area contributed by atoms with Crippen LogP contribution in [0.4, 0.5) is 0 Å². The van der Waals surface area contributed by atoms with Gasteiger partial charge in [0.05, 0.1) is 0 Å². The van der Waals surface area contributed by atoms with Gasteiger partial charge in [0, 0.05) is 11.0 Å². The number of carbonyl (C=O) groups excluding carboxylic acids is 1. The number of benzene rings is 2. The number of nitrogens with one attached hydrogen (secondary N) is 1. The standard InChI is InChI=1S/C19H23NO/c1-19(2,15-9-6-12-20-13-15)18(21)17-11-5-8-14-7-3-4-10-16(14)17/h3-5,7-8,10-11,15,20H,6,9,12-13H2,1-2H3. The van der Waals surface area contributed by atoms with E-state index in [1.807, 2.05) is 24.3 Å². The molecule has 1 N–H and O–H groups in total. The third-order valence-corrected chi connectivity index (χ3v) is 4.94. The highest BCUT2D eigenvalue weighted by Gasteiger charge is 2.38. The molecule has 2 heteroatoms. The molecule has 110 valence electrons. The van der Waals surface area contributed by atoms with Crippen molar-refractivity contribution in [3.63, 3.8) is 0 Å². The second-order valence-electron chi connectivity index (χ2n) is 6.62. The van der Waals surface area contributed by atoms with E-state index in [0.717, 1.165) is 42.3 Å². The van der Waals surface area contributed by atoms with Crippen molar-refractivity contribution in [1.82, 2.24) is 5.32 Å². The Morgan fingerprint density at radius 1 is 1.14 bits per heavy atom. The Hall–Kier alpha value is -1.67. The number of rotatable bonds is 3. The van der Waals surface area contributed by atoms with Gasteiger partial charge in [0.1, 0.15) is 0 Å². The van der Waals surface area contributed by atoms with Crippen molar-refractivity contribution in [1.29, 1.82) is 0 Å². The summed E-state index contributed by atoms with van der Waals surface area (Å²) in [4.78, 5) is 13.2. The Labute approximate surface area is 126 Å². The zero-order valence-corrected chi connectivity index (χ0v) is 12.9. The number of hydrogen-bond donors (Lipinski definition) is 1. The predicted molar refractivity (Wildman–Crippen MR) is 87.7 cm³/mol. The first-order valence-corrected chi connectivity index (χ1v) is 7.84. The fourth-order valence-corrected chi connectivity index (χ4v) is 3.42. The van der Waals surface area contributed by atoms with E-state index in [-0.39, 0.29) is 11.2 Å². The Morgan fingerprint density at radius 3 is 2.67 bits per heavy atom. The van der Waals surface area contributed by atoms with E-state index in [0.29, 0.717) is 5.92 Å². The Kier molecular flexibility index (Phi) is 3.81. The molecule has 0 spiro atoms. The highest BCUT2D eigenvalue weighted by molar-refractivity contribution is 6.10. The number of Topliss-reactive ketones (excluding diaryl/α,β-unsaturated/α-hetero) is 1. The van der Waals surface area contributed by atoms with Gasteiger partial charge in [-0.15, -0.1) is 0 Å². The number of fused-ring (bicyclic) bond motifs is 1. The van der Waals surface area contributed by atoms with Gasteiger partial charge in [-0.25, -0.2) is 0 Å². The molecular weight excluding hydrogens is 258 g/mol. The molecule has 1 aliphatic rings. The summed E-state index contributed by atoms with van der Waals surface area (Å²) in [6, 6.07) is 14.2. The van der Waals surface area contributed by atoms with Crippen LogP contribution in [-0.2, 0) is 0 Å². The van der Waals surface area contributed by atoms with E-state index < -0.39 is 0 Å². The molecule has 1 unspecified atom stereocenters. The van der Waals surface area contributed by atoms with Crippen LogP contribution in [0.1, 0.15) is 37.0 Å². The van der Waals surface area contributed by atoms with Gasteiger partial charge >= 0.3 is 0 Å². The zero-order valence-electron chi connectivity index (χ0n) is 12.9. The predicted octanol–water partition coefficient (Wildman–Crippen LogP) is 4.05. The van der Waals surface area contributed by atoms with Crippen molar-refractivity contribution in [2.24, 2.45) is 11.3 Å². The van der Waals surface area contributed by atoms with Crippen LogP contribution in [0, 0.1) is 11.3 Å². The van der Waals surface area contributed by atoms with Crippen molar-refractivity contribution in [3.05, 3.63) is 48.0 Å². The Bertz CT molecular complexity index is 648. The smallest absolute Gasteiger partial charge is 0.169 e. The van der Waals surface area contributed by atoms with E-state index in [9.17, 15) is 4.79 Å². The van der Waals surface area contributed by atoms with Gasteiger partial charge in [-0.2, -0.15) is 0 Å². The van der Waals surface area contributed by atoms with E-state index in [2.05, 4.69) is 37.4 Å². The molecule has 1 fully saturated rings. The molecule has 1 heterocycles. The van der Waals surface area contributed by atoms with Crippen LogP contribution in [0.3, 0.4) is 0 Å². The average Bonchev–Trinajstić information content (AvgIpc) is 2.54. The summed E-state index contributed by atoms with van der Waals surface area (Å²) in [6.07, 6.45) is 2.30. The minimum absolute atomic E-state index is 0.271. The largest absolute Gasteiger partial charge is 0.316 e. The summed E-state index contributed by atoms with van der Waals surface area (Å²) < 4.78 is 0. The molecule has 0 saturated carbocycles. The summed E-state index contributed by atoms with van der Waals surface area (Å²) >= 11 is 0. The first kappa shape index (κ1) is 14.3. The quantitative estimate of drug-likeness (QED) is 0.860. The summed E-state index contributed by atoms with van der Waals surface area (Å²) in [5.74, 6) is 0.686. The summed E-state index contributed by atoms with van der Waals surface area (Å²) in [6.45, 7) is 6.24. The third-order valence-electron chi connectivity index (χ3n) is 4.94. The molecule has 1 saturated heterocycles. The van der Waals surface area contributed by atoms with Crippen LogP contribution in [0.5, 0.6) is 0 Å². The highest BCUT2D eigenvalue weighted by Crippen LogP contribution is 2.36. The van der Waals surface area contributed by atoms with Crippen LogP contribution >= 0.6 is 0 Å². The maximum Gasteiger partial charge on any atom is 0.169 e. The summed E-state index contributed by atoms with van der Waals surface area (Å²) in [5, 5.41) is 5.64. The van der Waals surface area contributed by atoms with Gasteiger partial charge in [-0.3, -0.25) is 4.79 Å². The SMILES string of the molecule is CC(C)(C(=O)c1cccc2ccccc12)C1CCCNC1. The molecule has 2 aromatic rings. The molecule has 0 aliphatic carbocycles. The van der Waals surface area contributed by atoms with Crippen molar-refractivity contribution >= 4 is 16.6 Å². The topological polar surface area (TPSA) is 29.1 Å². The number of hydrogen-bond acceptors (Lipinski definition) is 2. The van der Waals surface area contributed by atoms with E-state index in [4.69, 9.17) is 0 Å². The molecule has 1 atom stereocenters. The van der Waals surface area contributed by atoms with Gasteiger partial charge in [-0.05, 0) is 42.6 Å². The molecule has 0 aromatic heterocycles. The molecular formula is C19H23NO. The number of ketones is 1. The summed E-state index contributed by atoms with van der Waals surface area (Å²) in [7, 11) is 0. The lowest BCUT2D eigenvalue weighted by Crippen LogP contribution is -2.42. The fourth-order valence-electron chi connectivity index (χ4n) is 3.42. The molecule has 0 radical (unpaired) electrons. The van der Waals surface area contributed by atoms with Gasteiger partial charge in [0.15, 0.2) is 5.78 Å². The van der Waals surface area contributed by atoms with E-state index >= 15 is 0 Å². The van der Waals surface area contributed by atoms with Crippen LogP contribution in [0.25, 0.3) is 10.8 Å². The number of carbonyl (C=O) groups is 1. The second kappa shape index (κ2) is 5.61. The van der Waals surface area contributed by atoms with Crippen molar-refractivity contribution < 1.29 is 4.79 Å². The monoisotopic (exact) mass is 281 g/mol. The third kappa shape index (κ3) is 2.60. The molecule has 0 bridgehead atoms. The lowest BCUT2D eigenvalue weighted by Gasteiger charge is -2.36. The molecule has 0 amide bonds. The first-order chi connectivity index (χ1) is 10.1. The maximum atomic E-state index is 13.2. The summed E-state index contributed by atoms with van der Waals surface area (Å²) in [5.41, 5.74) is 0.543. The van der Waals surface area contributed by atoms with E-state index in [1.165, 1.54) is 0 Å². The Morgan fingerprint density at radius 2 is 1.90 bits per heavy atom. The van der Waals surface area contributed by atoms with Gasteiger partial charge < -0.3 is 5.32 Å². The highest BCUT2D eigenvalue weighted by atomic mass is 16.1. The van der Waals surface area contributed by atoms with Crippen LogP contribution in [0.15, 0.2) is 42.5 Å². The number of piperidine rings is 1. The first-order valence-electron chi connectivity index (χ1n) is 7.84. The van der Waals surface area contributed by atoms with Crippen LogP contribution < -0.4 is 5.32 Å². The molecule has 2 nitrogen and oxygen atoms in total. The normalized spacial score (nSPS) is 19.6. The average molecular weight is 281 g/mol. The zero-order chi connectivity index (χ0) is 14.9. The minimum atomic E-state index is -0.322. The van der Waals surface area contributed by atoms with E-state index in [1.54, 1.807) is 0 Å². The Balaban J connectivity index is 1.99. The lowest BCUT2D eigenvalue weighted by atomic mass is 9.70. The fraction of sp³-hybridized carbons (Fsp3) is 0.421. The molecule has 2 aromatic carbocycles.